The van der Waals surface area contributed by atoms with Crippen LogP contribution in [0, 0.1) is 17.9 Å². The third kappa shape index (κ3) is 4.55. The van der Waals surface area contributed by atoms with E-state index in [1.54, 1.807) is 0 Å². The third-order valence-electron chi connectivity index (χ3n) is 9.40. The topological polar surface area (TPSA) is 33.1 Å². The standard InChI is InChI=1S/C44H29N3Si/c1-46-42-30-33(47-43-26-13-11-24-38(43)39-25-12-14-27-44(39)47)29-40(41(42)31-45)32-16-15-23-37(28-32)48(34-17-5-2-6-18-34,35-19-7-3-8-20-35)36-21-9-4-10-22-36/h2-30H. The predicted octanol–water partition coefficient (Wildman–Crippen LogP) is 8.25. The summed E-state index contributed by atoms with van der Waals surface area (Å²) < 4.78 is 2.21. The molecule has 8 rings (SSSR count). The Labute approximate surface area is 281 Å². The molecule has 0 N–H and O–H groups in total. The number of rotatable bonds is 6. The van der Waals surface area contributed by atoms with E-state index in [4.69, 9.17) is 6.57 Å². The van der Waals surface area contributed by atoms with Gasteiger partial charge in [0.25, 0.3) is 0 Å². The van der Waals surface area contributed by atoms with E-state index in [9.17, 15) is 5.26 Å². The van der Waals surface area contributed by atoms with Gasteiger partial charge in [0.1, 0.15) is 0 Å². The van der Waals surface area contributed by atoms with Crippen molar-refractivity contribution in [2.45, 2.75) is 0 Å². The highest BCUT2D eigenvalue weighted by molar-refractivity contribution is 7.19. The summed E-state index contributed by atoms with van der Waals surface area (Å²) in [4.78, 5) is 3.89. The van der Waals surface area contributed by atoms with Gasteiger partial charge in [-0.2, -0.15) is 5.26 Å². The van der Waals surface area contributed by atoms with Crippen LogP contribution in [-0.4, -0.2) is 12.6 Å². The summed E-state index contributed by atoms with van der Waals surface area (Å²) in [6.07, 6.45) is 0. The Hall–Kier alpha value is -6.46. The van der Waals surface area contributed by atoms with E-state index >= 15 is 0 Å². The van der Waals surface area contributed by atoms with Crippen LogP contribution in [-0.2, 0) is 0 Å². The average Bonchev–Trinajstić information content (AvgIpc) is 3.50. The molecule has 0 saturated heterocycles. The fourth-order valence-electron chi connectivity index (χ4n) is 7.36. The molecule has 4 heteroatoms. The van der Waals surface area contributed by atoms with Crippen LogP contribution in [0.5, 0.6) is 0 Å². The Balaban J connectivity index is 1.43. The van der Waals surface area contributed by atoms with E-state index in [1.165, 1.54) is 20.7 Å². The maximum atomic E-state index is 10.5. The van der Waals surface area contributed by atoms with Gasteiger partial charge in [-0.3, -0.25) is 0 Å². The molecule has 0 fully saturated rings. The Bertz CT molecular complexity index is 2370. The van der Waals surface area contributed by atoms with Gasteiger partial charge in [0, 0.05) is 16.5 Å². The fraction of sp³-hybridized carbons (Fsp3) is 0. The molecular formula is C44H29N3Si. The molecule has 1 aromatic heterocycles. The average molecular weight is 628 g/mol. The second-order valence-electron chi connectivity index (χ2n) is 11.9. The first kappa shape index (κ1) is 29.0. The molecule has 0 bridgehead atoms. The minimum Gasteiger partial charge on any atom is -0.310 e. The van der Waals surface area contributed by atoms with E-state index < -0.39 is 8.07 Å². The summed E-state index contributed by atoms with van der Waals surface area (Å²) in [7, 11) is -2.80. The summed E-state index contributed by atoms with van der Waals surface area (Å²) in [5.41, 5.74) is 5.37. The molecule has 0 radical (unpaired) electrons. The smallest absolute Gasteiger partial charge is 0.207 e. The molecule has 1 heterocycles. The van der Waals surface area contributed by atoms with Crippen molar-refractivity contribution < 1.29 is 0 Å². The lowest BCUT2D eigenvalue weighted by atomic mass is 9.98. The quantitative estimate of drug-likeness (QED) is 0.104. The second-order valence-corrected chi connectivity index (χ2v) is 15.7. The highest BCUT2D eigenvalue weighted by atomic mass is 28.3. The van der Waals surface area contributed by atoms with Gasteiger partial charge in [0.2, 0.25) is 5.69 Å². The largest absolute Gasteiger partial charge is 0.310 e. The Morgan fingerprint density at radius 2 is 1.00 bits per heavy atom. The van der Waals surface area contributed by atoms with Crippen molar-refractivity contribution in [1.29, 1.82) is 5.26 Å². The van der Waals surface area contributed by atoms with Crippen molar-refractivity contribution in [2.24, 2.45) is 0 Å². The number of hydrogen-bond donors (Lipinski definition) is 0. The number of para-hydroxylation sites is 2. The molecule has 8 aromatic rings. The van der Waals surface area contributed by atoms with Crippen LogP contribution in [0.3, 0.4) is 0 Å². The number of aromatic nitrogens is 1. The zero-order valence-electron chi connectivity index (χ0n) is 26.1. The number of nitriles is 1. The van der Waals surface area contributed by atoms with Crippen molar-refractivity contribution in [3.8, 4) is 22.9 Å². The zero-order chi connectivity index (χ0) is 32.5. The maximum absolute atomic E-state index is 10.5. The van der Waals surface area contributed by atoms with Crippen molar-refractivity contribution >= 4 is 56.3 Å². The maximum Gasteiger partial charge on any atom is 0.207 e. The van der Waals surface area contributed by atoms with Gasteiger partial charge >= 0.3 is 0 Å². The molecule has 0 amide bonds. The zero-order valence-corrected chi connectivity index (χ0v) is 27.1. The van der Waals surface area contributed by atoms with Gasteiger partial charge in [0.05, 0.1) is 29.2 Å². The first-order chi connectivity index (χ1) is 23.7. The summed E-state index contributed by atoms with van der Waals surface area (Å²) in [5, 5.41) is 17.9. The molecule has 0 aliphatic carbocycles. The first-order valence-electron chi connectivity index (χ1n) is 16.0. The molecule has 0 spiro atoms. The monoisotopic (exact) mass is 627 g/mol. The van der Waals surface area contributed by atoms with Crippen LogP contribution in [0.2, 0.25) is 0 Å². The second kappa shape index (κ2) is 12.0. The summed E-state index contributed by atoms with van der Waals surface area (Å²) in [5.74, 6) is 0. The molecule has 0 unspecified atom stereocenters. The van der Waals surface area contributed by atoms with E-state index in [0.29, 0.717) is 11.3 Å². The van der Waals surface area contributed by atoms with Gasteiger partial charge in [-0.15, -0.1) is 0 Å². The molecule has 7 aromatic carbocycles. The Morgan fingerprint density at radius 3 is 1.50 bits per heavy atom. The minimum atomic E-state index is -2.80. The Morgan fingerprint density at radius 1 is 0.521 bits per heavy atom. The van der Waals surface area contributed by atoms with Gasteiger partial charge in [0.15, 0.2) is 8.07 Å². The summed E-state index contributed by atoms with van der Waals surface area (Å²) >= 11 is 0. The fourth-order valence-corrected chi connectivity index (χ4v) is 12.2. The van der Waals surface area contributed by atoms with Gasteiger partial charge in [-0.1, -0.05) is 152 Å². The Kier molecular flexibility index (Phi) is 7.27. The number of nitrogens with zero attached hydrogens (tertiary/aromatic N) is 3. The van der Waals surface area contributed by atoms with Crippen LogP contribution in [0.1, 0.15) is 5.56 Å². The van der Waals surface area contributed by atoms with Crippen molar-refractivity contribution in [3.05, 3.63) is 193 Å². The third-order valence-corrected chi connectivity index (χ3v) is 14.2. The van der Waals surface area contributed by atoms with E-state index in [0.717, 1.165) is 38.6 Å². The van der Waals surface area contributed by atoms with E-state index in [1.807, 2.05) is 18.2 Å². The van der Waals surface area contributed by atoms with Crippen LogP contribution in [0.25, 0.3) is 43.5 Å². The number of benzene rings is 7. The minimum absolute atomic E-state index is 0.343. The summed E-state index contributed by atoms with van der Waals surface area (Å²) in [6, 6.07) is 64.2. The van der Waals surface area contributed by atoms with Crippen molar-refractivity contribution in [3.63, 3.8) is 0 Å². The molecule has 0 aliphatic rings. The van der Waals surface area contributed by atoms with Crippen LogP contribution in [0.4, 0.5) is 5.69 Å². The predicted molar refractivity (Wildman–Crippen MR) is 201 cm³/mol. The van der Waals surface area contributed by atoms with Crippen molar-refractivity contribution in [2.75, 3.05) is 0 Å². The summed E-state index contributed by atoms with van der Waals surface area (Å²) in [6.45, 7) is 8.15. The normalized spacial score (nSPS) is 11.3. The van der Waals surface area contributed by atoms with Gasteiger partial charge < -0.3 is 4.57 Å². The lowest BCUT2D eigenvalue weighted by Crippen LogP contribution is -2.74. The van der Waals surface area contributed by atoms with Gasteiger partial charge in [-0.05, 0) is 56.1 Å². The molecule has 0 aliphatic heterocycles. The highest BCUT2D eigenvalue weighted by Crippen LogP contribution is 2.38. The lowest BCUT2D eigenvalue weighted by Gasteiger charge is -2.34. The molecular weight excluding hydrogens is 599 g/mol. The van der Waals surface area contributed by atoms with Gasteiger partial charge in [-0.25, -0.2) is 4.85 Å². The van der Waals surface area contributed by atoms with E-state index in [-0.39, 0.29) is 0 Å². The van der Waals surface area contributed by atoms with Crippen LogP contribution in [0.15, 0.2) is 176 Å². The van der Waals surface area contributed by atoms with Crippen LogP contribution < -0.4 is 20.7 Å². The van der Waals surface area contributed by atoms with Crippen molar-refractivity contribution in [1.82, 2.24) is 4.57 Å². The molecule has 3 nitrogen and oxygen atoms in total. The number of hydrogen-bond acceptors (Lipinski definition) is 1. The first-order valence-corrected chi connectivity index (χ1v) is 18.0. The molecule has 0 atom stereocenters. The lowest BCUT2D eigenvalue weighted by molar-refractivity contribution is 1.18. The SMILES string of the molecule is [C-]#[N+]c1cc(-n2c3ccccc3c3ccccc32)cc(-c2cccc([Si](c3ccccc3)(c3ccccc3)c3ccccc3)c2)c1C#N. The molecule has 0 saturated carbocycles. The molecule has 48 heavy (non-hydrogen) atoms. The number of fused-ring (bicyclic) bond motifs is 3. The van der Waals surface area contributed by atoms with E-state index in [2.05, 4.69) is 173 Å². The van der Waals surface area contributed by atoms with Crippen LogP contribution >= 0.6 is 0 Å². The highest BCUT2D eigenvalue weighted by Gasteiger charge is 2.41. The molecule has 224 valence electrons.